The number of halogens is 1. The highest BCUT2D eigenvalue weighted by molar-refractivity contribution is 7.89. The molecule has 8 nitrogen and oxygen atoms in total. The number of carbonyl (C=O) groups is 1. The van der Waals surface area contributed by atoms with Crippen LogP contribution >= 0.6 is 0 Å². The zero-order chi connectivity index (χ0) is 20.5. The first-order chi connectivity index (χ1) is 13.2. The van der Waals surface area contributed by atoms with E-state index in [0.717, 1.165) is 0 Å². The van der Waals surface area contributed by atoms with Gasteiger partial charge in [0.1, 0.15) is 28.3 Å². The molecule has 0 saturated heterocycles. The molecule has 1 amide bonds. The van der Waals surface area contributed by atoms with Crippen molar-refractivity contribution >= 4 is 15.9 Å². The number of hydrogen-bond donors (Lipinski definition) is 2. The highest BCUT2D eigenvalue weighted by atomic mass is 32.2. The van der Waals surface area contributed by atoms with E-state index < -0.39 is 27.8 Å². The third-order valence-electron chi connectivity index (χ3n) is 4.37. The van der Waals surface area contributed by atoms with Crippen LogP contribution in [0, 0.1) is 5.82 Å². The number of aromatic nitrogens is 3. The van der Waals surface area contributed by atoms with E-state index in [9.17, 15) is 17.6 Å². The summed E-state index contributed by atoms with van der Waals surface area (Å²) in [7, 11) is 0.944. The second kappa shape index (κ2) is 7.56. The standard InChI is InChI=1S/C18H20FN5O3S/c1-20-28(26,27)14-10-15(24(3)11-14)18(25)22-16(17-21-7-8-23(17)2)12-5-4-6-13(19)9-12/h4-11,16,20H,1-3H3,(H,22,25)/t16-/m0/s1. The number of imidazole rings is 1. The molecular formula is C18H20FN5O3S. The number of nitrogens with zero attached hydrogens (tertiary/aromatic N) is 3. The van der Waals surface area contributed by atoms with Crippen molar-refractivity contribution in [2.24, 2.45) is 14.1 Å². The third-order valence-corrected chi connectivity index (χ3v) is 5.75. The Hall–Kier alpha value is -2.98. The summed E-state index contributed by atoms with van der Waals surface area (Å²) >= 11 is 0. The summed E-state index contributed by atoms with van der Waals surface area (Å²) in [5, 5.41) is 2.82. The minimum atomic E-state index is -3.69. The monoisotopic (exact) mass is 405 g/mol. The molecule has 148 valence electrons. The Bertz CT molecular complexity index is 1120. The lowest BCUT2D eigenvalue weighted by molar-refractivity contribution is 0.0933. The molecular weight excluding hydrogens is 385 g/mol. The summed E-state index contributed by atoms with van der Waals surface area (Å²) < 4.78 is 43.1. The van der Waals surface area contributed by atoms with Gasteiger partial charge in [0, 0.05) is 32.7 Å². The van der Waals surface area contributed by atoms with E-state index in [4.69, 9.17) is 0 Å². The van der Waals surface area contributed by atoms with Gasteiger partial charge in [-0.1, -0.05) is 12.1 Å². The van der Waals surface area contributed by atoms with Crippen LogP contribution in [0.3, 0.4) is 0 Å². The fourth-order valence-electron chi connectivity index (χ4n) is 2.87. The van der Waals surface area contributed by atoms with E-state index in [-0.39, 0.29) is 10.6 Å². The first-order valence-corrected chi connectivity index (χ1v) is 9.84. The Morgan fingerprint density at radius 1 is 1.21 bits per heavy atom. The van der Waals surface area contributed by atoms with Crippen molar-refractivity contribution in [2.45, 2.75) is 10.9 Å². The van der Waals surface area contributed by atoms with Crippen molar-refractivity contribution in [3.63, 3.8) is 0 Å². The maximum Gasteiger partial charge on any atom is 0.268 e. The van der Waals surface area contributed by atoms with Crippen LogP contribution < -0.4 is 10.0 Å². The summed E-state index contributed by atoms with van der Waals surface area (Å²) in [6.45, 7) is 0. The van der Waals surface area contributed by atoms with E-state index in [1.807, 2.05) is 0 Å². The fraction of sp³-hybridized carbons (Fsp3) is 0.222. The molecule has 0 bridgehead atoms. The van der Waals surface area contributed by atoms with Gasteiger partial charge in [0.2, 0.25) is 10.0 Å². The van der Waals surface area contributed by atoms with Crippen molar-refractivity contribution in [3.05, 3.63) is 71.8 Å². The van der Waals surface area contributed by atoms with Gasteiger partial charge in [0.15, 0.2) is 0 Å². The number of rotatable bonds is 6. The zero-order valence-corrected chi connectivity index (χ0v) is 16.4. The molecule has 0 radical (unpaired) electrons. The lowest BCUT2D eigenvalue weighted by Gasteiger charge is -2.19. The number of sulfonamides is 1. The lowest BCUT2D eigenvalue weighted by Crippen LogP contribution is -2.32. The number of nitrogens with one attached hydrogen (secondary N) is 2. The number of benzene rings is 1. The smallest absolute Gasteiger partial charge is 0.268 e. The largest absolute Gasteiger partial charge is 0.345 e. The molecule has 1 aromatic carbocycles. The van der Waals surface area contributed by atoms with Crippen LogP contribution in [0.2, 0.25) is 0 Å². The predicted molar refractivity (Wildman–Crippen MR) is 101 cm³/mol. The zero-order valence-electron chi connectivity index (χ0n) is 15.5. The molecule has 28 heavy (non-hydrogen) atoms. The summed E-state index contributed by atoms with van der Waals surface area (Å²) in [6.07, 6.45) is 4.64. The van der Waals surface area contributed by atoms with E-state index in [0.29, 0.717) is 11.4 Å². The fourth-order valence-corrected chi connectivity index (χ4v) is 3.67. The molecule has 10 heteroatoms. The van der Waals surface area contributed by atoms with Crippen molar-refractivity contribution in [3.8, 4) is 0 Å². The van der Waals surface area contributed by atoms with E-state index in [2.05, 4.69) is 15.0 Å². The molecule has 3 aromatic rings. The molecule has 0 fully saturated rings. The van der Waals surface area contributed by atoms with Crippen LogP contribution in [0.25, 0.3) is 0 Å². The minimum absolute atomic E-state index is 0.0260. The number of amides is 1. The molecule has 3 rings (SSSR count). The van der Waals surface area contributed by atoms with Crippen LogP contribution in [-0.4, -0.2) is 35.5 Å². The van der Waals surface area contributed by atoms with Crippen molar-refractivity contribution in [2.75, 3.05) is 7.05 Å². The van der Waals surface area contributed by atoms with Gasteiger partial charge >= 0.3 is 0 Å². The maximum atomic E-state index is 13.8. The molecule has 2 N–H and O–H groups in total. The quantitative estimate of drug-likeness (QED) is 0.646. The molecule has 2 heterocycles. The average molecular weight is 405 g/mol. The van der Waals surface area contributed by atoms with Gasteiger partial charge in [-0.2, -0.15) is 0 Å². The van der Waals surface area contributed by atoms with E-state index in [1.54, 1.807) is 43.2 Å². The van der Waals surface area contributed by atoms with Crippen LogP contribution in [0.5, 0.6) is 0 Å². The molecule has 0 spiro atoms. The normalized spacial score (nSPS) is 12.7. The molecule has 0 aliphatic carbocycles. The molecule has 0 unspecified atom stereocenters. The summed E-state index contributed by atoms with van der Waals surface area (Å²) in [5.74, 6) is -0.444. The van der Waals surface area contributed by atoms with Crippen LogP contribution in [0.4, 0.5) is 4.39 Å². The molecule has 1 atom stereocenters. The van der Waals surface area contributed by atoms with Crippen LogP contribution in [0.15, 0.2) is 53.8 Å². The molecule has 2 aromatic heterocycles. The maximum absolute atomic E-state index is 13.8. The van der Waals surface area contributed by atoms with Gasteiger partial charge in [0.25, 0.3) is 5.91 Å². The summed E-state index contributed by atoms with van der Waals surface area (Å²) in [6, 6.07) is 6.43. The molecule has 0 aliphatic heterocycles. The second-order valence-electron chi connectivity index (χ2n) is 6.24. The first kappa shape index (κ1) is 19.8. The Kier molecular flexibility index (Phi) is 5.34. The first-order valence-electron chi connectivity index (χ1n) is 8.36. The topological polar surface area (TPSA) is 98.0 Å². The third kappa shape index (κ3) is 3.82. The number of carbonyl (C=O) groups excluding carboxylic acids is 1. The van der Waals surface area contributed by atoms with Gasteiger partial charge in [-0.25, -0.2) is 22.5 Å². The SMILES string of the molecule is CNS(=O)(=O)c1cc(C(=O)N[C@@H](c2cccc(F)c2)c2nccn2C)n(C)c1. The summed E-state index contributed by atoms with van der Waals surface area (Å²) in [4.78, 5) is 17.1. The van der Waals surface area contributed by atoms with Crippen LogP contribution in [0.1, 0.15) is 27.9 Å². The lowest BCUT2D eigenvalue weighted by atomic mass is 10.1. The van der Waals surface area contributed by atoms with Crippen molar-refractivity contribution < 1.29 is 17.6 Å². The average Bonchev–Trinajstić information content (AvgIpc) is 3.25. The van der Waals surface area contributed by atoms with Gasteiger partial charge in [0.05, 0.1) is 0 Å². The minimum Gasteiger partial charge on any atom is -0.345 e. The second-order valence-corrected chi connectivity index (χ2v) is 8.12. The highest BCUT2D eigenvalue weighted by Gasteiger charge is 2.25. The Morgan fingerprint density at radius 2 is 1.96 bits per heavy atom. The van der Waals surface area contributed by atoms with E-state index >= 15 is 0 Å². The van der Waals surface area contributed by atoms with Crippen molar-refractivity contribution in [1.82, 2.24) is 24.2 Å². The van der Waals surface area contributed by atoms with E-state index in [1.165, 1.54) is 36.0 Å². The van der Waals surface area contributed by atoms with Gasteiger partial charge in [-0.15, -0.1) is 0 Å². The Labute approximate surface area is 162 Å². The van der Waals surface area contributed by atoms with Gasteiger partial charge in [-0.3, -0.25) is 4.79 Å². The highest BCUT2D eigenvalue weighted by Crippen LogP contribution is 2.22. The molecule has 0 aliphatic rings. The van der Waals surface area contributed by atoms with Gasteiger partial charge in [-0.05, 0) is 30.8 Å². The summed E-state index contributed by atoms with van der Waals surface area (Å²) in [5.41, 5.74) is 0.657. The predicted octanol–water partition coefficient (Wildman–Crippen LogP) is 1.33. The Morgan fingerprint density at radius 3 is 2.57 bits per heavy atom. The van der Waals surface area contributed by atoms with Crippen LogP contribution in [-0.2, 0) is 24.1 Å². The number of aryl methyl sites for hydroxylation is 2. The van der Waals surface area contributed by atoms with Gasteiger partial charge < -0.3 is 14.5 Å². The Balaban J connectivity index is 1.98. The molecule has 0 saturated carbocycles. The number of hydrogen-bond acceptors (Lipinski definition) is 4. The van der Waals surface area contributed by atoms with Crippen molar-refractivity contribution in [1.29, 1.82) is 0 Å².